The SMILES string of the molecule is CCc1noc(CCC(=O)N2CCOCC2c2ncc(C)[nH]2)n1. The smallest absolute Gasteiger partial charge is 0.227 e. The van der Waals surface area contributed by atoms with Gasteiger partial charge in [-0.25, -0.2) is 4.98 Å². The zero-order valence-electron chi connectivity index (χ0n) is 13.4. The van der Waals surface area contributed by atoms with Gasteiger partial charge in [-0.3, -0.25) is 4.79 Å². The standard InChI is InChI=1S/C15H21N5O3/c1-3-12-18-13(23-19-12)4-5-14(21)20-6-7-22-9-11(20)15-16-8-10(2)17-15/h8,11H,3-7,9H2,1-2H3,(H,16,17). The molecule has 0 aromatic carbocycles. The van der Waals surface area contributed by atoms with Crippen LogP contribution in [0.4, 0.5) is 0 Å². The van der Waals surface area contributed by atoms with E-state index in [1.165, 1.54) is 0 Å². The first kappa shape index (κ1) is 15.7. The predicted octanol–water partition coefficient (Wildman–Crippen LogP) is 1.20. The van der Waals surface area contributed by atoms with Crippen LogP contribution in [-0.4, -0.2) is 50.7 Å². The fraction of sp³-hybridized carbons (Fsp3) is 0.600. The van der Waals surface area contributed by atoms with Crippen LogP contribution in [0.3, 0.4) is 0 Å². The van der Waals surface area contributed by atoms with Crippen LogP contribution in [0.15, 0.2) is 10.7 Å². The Morgan fingerprint density at radius 2 is 2.39 bits per heavy atom. The lowest BCUT2D eigenvalue weighted by Crippen LogP contribution is -2.44. The van der Waals surface area contributed by atoms with Crippen LogP contribution in [0.5, 0.6) is 0 Å². The van der Waals surface area contributed by atoms with Gasteiger partial charge in [-0.1, -0.05) is 12.1 Å². The second-order valence-electron chi connectivity index (χ2n) is 5.59. The summed E-state index contributed by atoms with van der Waals surface area (Å²) in [6.45, 7) is 5.46. The maximum Gasteiger partial charge on any atom is 0.227 e. The van der Waals surface area contributed by atoms with Crippen LogP contribution >= 0.6 is 0 Å². The van der Waals surface area contributed by atoms with Gasteiger partial charge < -0.3 is 19.1 Å². The molecule has 8 nitrogen and oxygen atoms in total. The number of aryl methyl sites for hydroxylation is 3. The van der Waals surface area contributed by atoms with Crippen LogP contribution < -0.4 is 0 Å². The summed E-state index contributed by atoms with van der Waals surface area (Å²) in [7, 11) is 0. The Morgan fingerprint density at radius 1 is 1.52 bits per heavy atom. The minimum atomic E-state index is -0.168. The molecule has 2 aromatic rings. The number of hydrogen-bond donors (Lipinski definition) is 1. The Morgan fingerprint density at radius 3 is 3.09 bits per heavy atom. The van der Waals surface area contributed by atoms with Crippen molar-refractivity contribution in [3.05, 3.63) is 29.4 Å². The number of H-pyrrole nitrogens is 1. The van der Waals surface area contributed by atoms with Gasteiger partial charge in [0.25, 0.3) is 0 Å². The van der Waals surface area contributed by atoms with Crippen molar-refractivity contribution in [1.82, 2.24) is 25.0 Å². The zero-order chi connectivity index (χ0) is 16.2. The fourth-order valence-electron chi connectivity index (χ4n) is 2.62. The van der Waals surface area contributed by atoms with E-state index < -0.39 is 0 Å². The molecule has 1 N–H and O–H groups in total. The molecule has 1 aliphatic heterocycles. The molecule has 3 rings (SSSR count). The highest BCUT2D eigenvalue weighted by Crippen LogP contribution is 2.23. The molecule has 0 aliphatic carbocycles. The highest BCUT2D eigenvalue weighted by Gasteiger charge is 2.30. The van der Waals surface area contributed by atoms with E-state index in [4.69, 9.17) is 9.26 Å². The molecule has 3 heterocycles. The molecule has 124 valence electrons. The first-order valence-corrected chi connectivity index (χ1v) is 7.87. The summed E-state index contributed by atoms with van der Waals surface area (Å²) in [5.74, 6) is 1.99. The Kier molecular flexibility index (Phi) is 4.71. The minimum Gasteiger partial charge on any atom is -0.377 e. The van der Waals surface area contributed by atoms with Gasteiger partial charge in [-0.2, -0.15) is 4.98 Å². The number of ether oxygens (including phenoxy) is 1. The van der Waals surface area contributed by atoms with Gasteiger partial charge in [-0.05, 0) is 6.92 Å². The first-order valence-electron chi connectivity index (χ1n) is 7.87. The zero-order valence-corrected chi connectivity index (χ0v) is 13.4. The van der Waals surface area contributed by atoms with Crippen LogP contribution in [-0.2, 0) is 22.4 Å². The van der Waals surface area contributed by atoms with Crippen molar-refractivity contribution in [1.29, 1.82) is 0 Å². The average molecular weight is 319 g/mol. The van der Waals surface area contributed by atoms with Crippen molar-refractivity contribution >= 4 is 5.91 Å². The van der Waals surface area contributed by atoms with Crippen molar-refractivity contribution in [2.24, 2.45) is 0 Å². The third-order valence-corrected chi connectivity index (χ3v) is 3.87. The highest BCUT2D eigenvalue weighted by atomic mass is 16.5. The highest BCUT2D eigenvalue weighted by molar-refractivity contribution is 5.76. The van der Waals surface area contributed by atoms with E-state index in [-0.39, 0.29) is 11.9 Å². The van der Waals surface area contributed by atoms with Crippen LogP contribution in [0.2, 0.25) is 0 Å². The molecule has 1 fully saturated rings. The molecule has 0 bridgehead atoms. The third kappa shape index (κ3) is 3.58. The number of nitrogens with zero attached hydrogens (tertiary/aromatic N) is 4. The fourth-order valence-corrected chi connectivity index (χ4v) is 2.62. The molecule has 1 aliphatic rings. The maximum atomic E-state index is 12.6. The normalized spacial score (nSPS) is 18.3. The Balaban J connectivity index is 1.64. The predicted molar refractivity (Wildman–Crippen MR) is 80.6 cm³/mol. The number of carbonyl (C=O) groups is 1. The minimum absolute atomic E-state index is 0.0450. The van der Waals surface area contributed by atoms with E-state index in [2.05, 4.69) is 20.1 Å². The number of morpholine rings is 1. The summed E-state index contributed by atoms with van der Waals surface area (Å²) < 4.78 is 10.6. The first-order chi connectivity index (χ1) is 11.2. The maximum absolute atomic E-state index is 12.6. The molecule has 0 saturated carbocycles. The van der Waals surface area contributed by atoms with Gasteiger partial charge in [0.05, 0.1) is 13.2 Å². The molecular weight excluding hydrogens is 298 g/mol. The number of aromatic amines is 1. The molecule has 2 aromatic heterocycles. The lowest BCUT2D eigenvalue weighted by molar-refractivity contribution is -0.140. The molecule has 23 heavy (non-hydrogen) atoms. The van der Waals surface area contributed by atoms with Crippen LogP contribution in [0.1, 0.15) is 42.6 Å². The van der Waals surface area contributed by atoms with Crippen LogP contribution in [0.25, 0.3) is 0 Å². The van der Waals surface area contributed by atoms with E-state index in [9.17, 15) is 4.79 Å². The number of hydrogen-bond acceptors (Lipinski definition) is 6. The van der Waals surface area contributed by atoms with Gasteiger partial charge in [-0.15, -0.1) is 0 Å². The van der Waals surface area contributed by atoms with Gasteiger partial charge in [0.1, 0.15) is 11.9 Å². The molecular formula is C15H21N5O3. The summed E-state index contributed by atoms with van der Waals surface area (Å²) in [6, 6.07) is -0.168. The average Bonchev–Trinajstić information content (AvgIpc) is 3.21. The second-order valence-corrected chi connectivity index (χ2v) is 5.59. The molecule has 1 atom stereocenters. The number of nitrogens with one attached hydrogen (secondary N) is 1. The quantitative estimate of drug-likeness (QED) is 0.889. The Labute approximate surface area is 134 Å². The summed E-state index contributed by atoms with van der Waals surface area (Å²) in [5, 5.41) is 3.84. The van der Waals surface area contributed by atoms with Gasteiger partial charge >= 0.3 is 0 Å². The molecule has 8 heteroatoms. The number of rotatable bonds is 5. The summed E-state index contributed by atoms with van der Waals surface area (Å²) in [5.41, 5.74) is 0.968. The summed E-state index contributed by atoms with van der Waals surface area (Å²) in [6.07, 6.45) is 3.27. The molecule has 1 saturated heterocycles. The largest absolute Gasteiger partial charge is 0.377 e. The Bertz CT molecular complexity index is 666. The number of carbonyl (C=O) groups excluding carboxylic acids is 1. The van der Waals surface area contributed by atoms with Crippen molar-refractivity contribution in [3.63, 3.8) is 0 Å². The van der Waals surface area contributed by atoms with E-state index in [1.807, 2.05) is 18.7 Å². The molecule has 0 radical (unpaired) electrons. The molecule has 1 amide bonds. The second kappa shape index (κ2) is 6.91. The van der Waals surface area contributed by atoms with Crippen LogP contribution in [0, 0.1) is 6.92 Å². The lowest BCUT2D eigenvalue weighted by atomic mass is 10.1. The third-order valence-electron chi connectivity index (χ3n) is 3.87. The van der Waals surface area contributed by atoms with E-state index in [0.717, 1.165) is 17.9 Å². The van der Waals surface area contributed by atoms with Crippen molar-refractivity contribution in [2.45, 2.75) is 39.2 Å². The van der Waals surface area contributed by atoms with Gasteiger partial charge in [0.15, 0.2) is 5.82 Å². The number of imidazole rings is 1. The van der Waals surface area contributed by atoms with Crippen molar-refractivity contribution in [3.8, 4) is 0 Å². The molecule has 0 spiro atoms. The number of amides is 1. The van der Waals surface area contributed by atoms with E-state index in [0.29, 0.717) is 44.3 Å². The van der Waals surface area contributed by atoms with Gasteiger partial charge in [0.2, 0.25) is 11.8 Å². The lowest BCUT2D eigenvalue weighted by Gasteiger charge is -2.34. The molecule has 1 unspecified atom stereocenters. The van der Waals surface area contributed by atoms with E-state index >= 15 is 0 Å². The summed E-state index contributed by atoms with van der Waals surface area (Å²) >= 11 is 0. The topological polar surface area (TPSA) is 97.1 Å². The van der Waals surface area contributed by atoms with Gasteiger partial charge in [0, 0.05) is 37.7 Å². The monoisotopic (exact) mass is 319 g/mol. The Hall–Kier alpha value is -2.22. The summed E-state index contributed by atoms with van der Waals surface area (Å²) in [4.78, 5) is 26.2. The number of aromatic nitrogens is 4. The van der Waals surface area contributed by atoms with E-state index in [1.54, 1.807) is 6.20 Å². The van der Waals surface area contributed by atoms with Crippen molar-refractivity contribution in [2.75, 3.05) is 19.8 Å². The van der Waals surface area contributed by atoms with Crippen molar-refractivity contribution < 1.29 is 14.1 Å².